The molecule has 2 aromatic carbocycles. The normalized spacial score (nSPS) is 16.5. The summed E-state index contributed by atoms with van der Waals surface area (Å²) in [5, 5.41) is -0.0883. The molecule has 0 N–H and O–H groups in total. The highest BCUT2D eigenvalue weighted by Gasteiger charge is 2.36. The van der Waals surface area contributed by atoms with Gasteiger partial charge in [-0.05, 0) is 53.7 Å². The number of anilines is 1. The van der Waals surface area contributed by atoms with Gasteiger partial charge < -0.3 is 0 Å². The van der Waals surface area contributed by atoms with Gasteiger partial charge in [-0.25, -0.2) is 9.29 Å². The zero-order valence-corrected chi connectivity index (χ0v) is 13.8. The molecule has 23 heavy (non-hydrogen) atoms. The lowest BCUT2D eigenvalue weighted by Gasteiger charge is -2.12. The van der Waals surface area contributed by atoms with Gasteiger partial charge >= 0.3 is 0 Å². The number of rotatable bonds is 2. The molecule has 116 valence electrons. The Balaban J connectivity index is 1.95. The Morgan fingerprint density at radius 1 is 1.09 bits per heavy atom. The molecule has 0 bridgehead atoms. The van der Waals surface area contributed by atoms with E-state index < -0.39 is 17.0 Å². The number of halogens is 3. The van der Waals surface area contributed by atoms with E-state index in [4.69, 9.17) is 23.2 Å². The Labute approximate surface area is 145 Å². The van der Waals surface area contributed by atoms with Crippen molar-refractivity contribution in [2.75, 3.05) is 4.90 Å². The second kappa shape index (κ2) is 6.35. The molecule has 0 aromatic heterocycles. The number of hydrogen-bond acceptors (Lipinski definition) is 3. The van der Waals surface area contributed by atoms with Gasteiger partial charge in [-0.1, -0.05) is 35.3 Å². The molecule has 1 saturated heterocycles. The zero-order chi connectivity index (χ0) is 16.6. The van der Waals surface area contributed by atoms with Crippen LogP contribution in [0.4, 0.5) is 14.9 Å². The van der Waals surface area contributed by atoms with Crippen molar-refractivity contribution in [2.24, 2.45) is 0 Å². The minimum atomic E-state index is -0.614. The van der Waals surface area contributed by atoms with Crippen LogP contribution in [-0.4, -0.2) is 11.1 Å². The molecule has 1 aliphatic heterocycles. The Morgan fingerprint density at radius 2 is 1.87 bits per heavy atom. The number of carbonyl (C=O) groups is 2. The molecular weight excluding hydrogens is 360 g/mol. The van der Waals surface area contributed by atoms with Crippen LogP contribution < -0.4 is 4.90 Å². The van der Waals surface area contributed by atoms with Crippen LogP contribution >= 0.6 is 35.0 Å². The number of carbonyl (C=O) groups excluding carboxylic acids is 2. The van der Waals surface area contributed by atoms with Crippen molar-refractivity contribution in [1.29, 1.82) is 0 Å². The molecule has 0 unspecified atom stereocenters. The van der Waals surface area contributed by atoms with Gasteiger partial charge in [-0.2, -0.15) is 0 Å². The fourth-order valence-corrected chi connectivity index (χ4v) is 3.28. The van der Waals surface area contributed by atoms with Crippen LogP contribution in [0.15, 0.2) is 47.4 Å². The van der Waals surface area contributed by atoms with Crippen molar-refractivity contribution < 1.29 is 14.0 Å². The fraction of sp³-hybridized carbons (Fsp3) is 0. The van der Waals surface area contributed by atoms with Crippen molar-refractivity contribution in [2.45, 2.75) is 0 Å². The maximum absolute atomic E-state index is 13.2. The third-order valence-corrected chi connectivity index (χ3v) is 4.50. The van der Waals surface area contributed by atoms with Crippen LogP contribution in [0.5, 0.6) is 0 Å². The lowest BCUT2D eigenvalue weighted by atomic mass is 10.2. The first-order chi connectivity index (χ1) is 11.0. The summed E-state index contributed by atoms with van der Waals surface area (Å²) in [5.41, 5.74) is 0.938. The number of thioether (sulfide) groups is 1. The van der Waals surface area contributed by atoms with Crippen LogP contribution in [0.3, 0.4) is 0 Å². The second-order valence-electron chi connectivity index (χ2n) is 4.67. The molecule has 0 spiro atoms. The molecular formula is C16H8Cl2FNO2S. The standard InChI is InChI=1S/C16H8Cl2FNO2S/c17-10-3-1-2-9(6-10)7-14-15(21)20(16(22)23-14)11-4-5-13(19)12(18)8-11/h1-8H/b14-7-. The topological polar surface area (TPSA) is 37.4 Å². The first-order valence-corrected chi connectivity index (χ1v) is 8.01. The molecule has 1 aliphatic rings. The van der Waals surface area contributed by atoms with Crippen LogP contribution in [0, 0.1) is 5.82 Å². The van der Waals surface area contributed by atoms with Crippen molar-refractivity contribution in [3.8, 4) is 0 Å². The van der Waals surface area contributed by atoms with Gasteiger partial charge in [0, 0.05) is 5.02 Å². The maximum atomic E-state index is 13.2. The summed E-state index contributed by atoms with van der Waals surface area (Å²) in [6, 6.07) is 10.6. The number of imide groups is 1. The summed E-state index contributed by atoms with van der Waals surface area (Å²) in [7, 11) is 0. The minimum Gasteiger partial charge on any atom is -0.268 e. The van der Waals surface area contributed by atoms with Crippen molar-refractivity contribution in [3.05, 3.63) is 68.8 Å². The van der Waals surface area contributed by atoms with E-state index in [2.05, 4.69) is 0 Å². The predicted molar refractivity (Wildman–Crippen MR) is 91.3 cm³/mol. The van der Waals surface area contributed by atoms with E-state index in [1.807, 2.05) is 0 Å². The van der Waals surface area contributed by atoms with Gasteiger partial charge in [0.1, 0.15) is 5.82 Å². The molecule has 3 nitrogen and oxygen atoms in total. The van der Waals surface area contributed by atoms with E-state index in [0.717, 1.165) is 22.7 Å². The molecule has 7 heteroatoms. The number of amides is 2. The molecule has 1 heterocycles. The van der Waals surface area contributed by atoms with Gasteiger partial charge in [0.05, 0.1) is 15.6 Å². The molecule has 0 atom stereocenters. The van der Waals surface area contributed by atoms with Gasteiger partial charge in [0.2, 0.25) is 0 Å². The molecule has 0 radical (unpaired) electrons. The molecule has 3 rings (SSSR count). The van der Waals surface area contributed by atoms with E-state index in [-0.39, 0.29) is 15.6 Å². The first-order valence-electron chi connectivity index (χ1n) is 6.44. The first kappa shape index (κ1) is 16.1. The lowest BCUT2D eigenvalue weighted by Crippen LogP contribution is -2.27. The number of hydrogen-bond donors (Lipinski definition) is 0. The third kappa shape index (κ3) is 3.27. The van der Waals surface area contributed by atoms with E-state index in [9.17, 15) is 14.0 Å². The molecule has 2 aromatic rings. The van der Waals surface area contributed by atoms with Crippen LogP contribution in [-0.2, 0) is 4.79 Å². The van der Waals surface area contributed by atoms with Crippen molar-refractivity contribution in [1.82, 2.24) is 0 Å². The summed E-state index contributed by atoms with van der Waals surface area (Å²) >= 11 is 12.4. The Morgan fingerprint density at radius 3 is 2.57 bits per heavy atom. The van der Waals surface area contributed by atoms with Crippen molar-refractivity contribution >= 4 is 57.9 Å². The summed E-state index contributed by atoms with van der Waals surface area (Å²) < 4.78 is 13.2. The van der Waals surface area contributed by atoms with Crippen LogP contribution in [0.2, 0.25) is 10.0 Å². The van der Waals surface area contributed by atoms with E-state index in [1.54, 1.807) is 30.3 Å². The Bertz CT molecular complexity index is 854. The highest BCUT2D eigenvalue weighted by molar-refractivity contribution is 8.19. The smallest absolute Gasteiger partial charge is 0.268 e. The largest absolute Gasteiger partial charge is 0.298 e. The quantitative estimate of drug-likeness (QED) is 0.669. The zero-order valence-electron chi connectivity index (χ0n) is 11.4. The number of benzene rings is 2. The van der Waals surface area contributed by atoms with E-state index >= 15 is 0 Å². The molecule has 1 fully saturated rings. The van der Waals surface area contributed by atoms with Crippen LogP contribution in [0.1, 0.15) is 5.56 Å². The Kier molecular flexibility index (Phi) is 4.43. The second-order valence-corrected chi connectivity index (χ2v) is 6.51. The van der Waals surface area contributed by atoms with Gasteiger partial charge in [0.15, 0.2) is 0 Å². The van der Waals surface area contributed by atoms with E-state index in [0.29, 0.717) is 10.6 Å². The molecule has 0 saturated carbocycles. The van der Waals surface area contributed by atoms with Gasteiger partial charge in [-0.15, -0.1) is 0 Å². The highest BCUT2D eigenvalue weighted by atomic mass is 35.5. The summed E-state index contributed by atoms with van der Waals surface area (Å²) in [6.45, 7) is 0. The van der Waals surface area contributed by atoms with E-state index in [1.165, 1.54) is 12.1 Å². The summed E-state index contributed by atoms with van der Waals surface area (Å²) in [5.74, 6) is -1.10. The Hall–Kier alpha value is -1.82. The van der Waals surface area contributed by atoms with Gasteiger partial charge in [0.25, 0.3) is 11.1 Å². The lowest BCUT2D eigenvalue weighted by molar-refractivity contribution is -0.113. The summed E-state index contributed by atoms with van der Waals surface area (Å²) in [4.78, 5) is 25.8. The van der Waals surface area contributed by atoms with Gasteiger partial charge in [-0.3, -0.25) is 9.59 Å². The fourth-order valence-electron chi connectivity index (χ4n) is 2.06. The molecule has 2 amide bonds. The van der Waals surface area contributed by atoms with Crippen molar-refractivity contribution in [3.63, 3.8) is 0 Å². The predicted octanol–water partition coefficient (Wildman–Crippen LogP) is 5.37. The minimum absolute atomic E-state index is 0.152. The average molecular weight is 368 g/mol. The van der Waals surface area contributed by atoms with Crippen LogP contribution in [0.25, 0.3) is 6.08 Å². The average Bonchev–Trinajstić information content (AvgIpc) is 2.77. The molecule has 0 aliphatic carbocycles. The SMILES string of the molecule is O=C1S/C(=C\c2cccc(Cl)c2)C(=O)N1c1ccc(F)c(Cl)c1. The highest BCUT2D eigenvalue weighted by Crippen LogP contribution is 2.36. The monoisotopic (exact) mass is 367 g/mol. The third-order valence-electron chi connectivity index (χ3n) is 3.10. The summed E-state index contributed by atoms with van der Waals surface area (Å²) in [6.07, 6.45) is 1.59. The number of nitrogens with zero attached hydrogens (tertiary/aromatic N) is 1. The maximum Gasteiger partial charge on any atom is 0.298 e.